The molecule has 0 aliphatic carbocycles. The summed E-state index contributed by atoms with van der Waals surface area (Å²) in [6.45, 7) is 7.70. The molecule has 20 heteroatoms. The van der Waals surface area contributed by atoms with Crippen LogP contribution >= 0.6 is 0 Å². The first-order chi connectivity index (χ1) is 30.2. The van der Waals surface area contributed by atoms with Gasteiger partial charge >= 0.3 is 24.5 Å². The number of aromatic amines is 2. The number of imidazole rings is 2. The van der Waals surface area contributed by atoms with Crippen LogP contribution in [0, 0.1) is 11.8 Å². The van der Waals surface area contributed by atoms with E-state index in [0.29, 0.717) is 38.8 Å². The predicted molar refractivity (Wildman–Crippen MR) is 222 cm³/mol. The highest BCUT2D eigenvalue weighted by Crippen LogP contribution is 2.44. The smallest absolute Gasteiger partial charge is 0.417 e. The van der Waals surface area contributed by atoms with Crippen LogP contribution < -0.4 is 10.6 Å². The Bertz CT molecular complexity index is 2390. The van der Waals surface area contributed by atoms with Crippen molar-refractivity contribution in [2.45, 2.75) is 89.9 Å². The summed E-state index contributed by atoms with van der Waals surface area (Å²) in [6, 6.07) is 6.55. The number of aromatic nitrogens is 4. The first-order valence-electron chi connectivity index (χ1n) is 20.8. The largest absolute Gasteiger partial charge is 0.453 e. The lowest BCUT2D eigenvalue weighted by atomic mass is 9.94. The summed E-state index contributed by atoms with van der Waals surface area (Å²) < 4.78 is 97.7. The van der Waals surface area contributed by atoms with E-state index in [2.05, 4.69) is 40.0 Å². The van der Waals surface area contributed by atoms with Crippen LogP contribution in [-0.2, 0) is 31.4 Å². The molecular weight excluding hydrogens is 851 g/mol. The first-order valence-corrected chi connectivity index (χ1v) is 20.8. The van der Waals surface area contributed by atoms with Gasteiger partial charge in [0.25, 0.3) is 0 Å². The lowest BCUT2D eigenvalue weighted by molar-refractivity contribution is -0.137. The maximum Gasteiger partial charge on any atom is 0.417 e. The predicted octanol–water partition coefficient (Wildman–Crippen LogP) is 8.90. The van der Waals surface area contributed by atoms with Gasteiger partial charge in [0.1, 0.15) is 23.7 Å². The van der Waals surface area contributed by atoms with Crippen molar-refractivity contribution in [3.8, 4) is 22.3 Å². The molecule has 4 N–H and O–H groups in total. The first kappa shape index (κ1) is 45.7. The number of carbonyl (C=O) groups is 4. The Morgan fingerprint density at radius 1 is 0.641 bits per heavy atom. The van der Waals surface area contributed by atoms with Gasteiger partial charge in [0.05, 0.1) is 59.5 Å². The van der Waals surface area contributed by atoms with Gasteiger partial charge in [-0.15, -0.1) is 0 Å². The van der Waals surface area contributed by atoms with Gasteiger partial charge in [0, 0.05) is 13.1 Å². The minimum atomic E-state index is -4.84. The minimum Gasteiger partial charge on any atom is -0.453 e. The van der Waals surface area contributed by atoms with Crippen LogP contribution in [0.25, 0.3) is 44.3 Å². The number of fused-ring (bicyclic) bond motifs is 2. The lowest BCUT2D eigenvalue weighted by Crippen LogP contribution is -2.51. The summed E-state index contributed by atoms with van der Waals surface area (Å²) in [4.78, 5) is 69.6. The van der Waals surface area contributed by atoms with Gasteiger partial charge in [-0.2, -0.15) is 26.3 Å². The van der Waals surface area contributed by atoms with Gasteiger partial charge in [-0.25, -0.2) is 19.6 Å². The zero-order chi connectivity index (χ0) is 46.4. The monoisotopic (exact) mass is 898 g/mol. The number of hydrogen-bond acceptors (Lipinski definition) is 8. The van der Waals surface area contributed by atoms with E-state index in [0.717, 1.165) is 12.1 Å². The fourth-order valence-corrected chi connectivity index (χ4v) is 8.63. The Morgan fingerprint density at radius 2 is 1.00 bits per heavy atom. The van der Waals surface area contributed by atoms with Crippen molar-refractivity contribution in [1.29, 1.82) is 0 Å². The third kappa shape index (κ3) is 9.04. The molecule has 2 aliphatic heterocycles. The van der Waals surface area contributed by atoms with Crippen LogP contribution in [0.4, 0.5) is 35.9 Å². The molecule has 0 spiro atoms. The molecule has 4 atom stereocenters. The molecule has 2 aromatic heterocycles. The number of hydrogen-bond donors (Lipinski definition) is 4. The zero-order valence-corrected chi connectivity index (χ0v) is 35.8. The highest BCUT2D eigenvalue weighted by Gasteiger charge is 2.41. The van der Waals surface area contributed by atoms with Crippen molar-refractivity contribution in [2.75, 3.05) is 27.3 Å². The average Bonchev–Trinajstić information content (AvgIpc) is 4.08. The quantitative estimate of drug-likeness (QED) is 0.101. The number of alkyl carbamates (subject to hydrolysis) is 2. The van der Waals surface area contributed by atoms with Gasteiger partial charge in [0.2, 0.25) is 11.8 Å². The molecular formula is C44H48F6N8O6. The third-order valence-electron chi connectivity index (χ3n) is 11.9. The molecule has 3 aromatic carbocycles. The Kier molecular flexibility index (Phi) is 12.6. The molecule has 0 unspecified atom stereocenters. The van der Waals surface area contributed by atoms with E-state index in [-0.39, 0.29) is 79.6 Å². The number of ether oxygens (including phenoxy) is 2. The summed E-state index contributed by atoms with van der Waals surface area (Å²) >= 11 is 0. The number of rotatable bonds is 10. The Hall–Kier alpha value is -6.34. The van der Waals surface area contributed by atoms with Crippen molar-refractivity contribution in [3.05, 3.63) is 71.3 Å². The minimum absolute atomic E-state index is 0.0675. The number of alkyl halides is 6. The van der Waals surface area contributed by atoms with Crippen LogP contribution in [0.1, 0.15) is 88.2 Å². The Morgan fingerprint density at radius 3 is 1.31 bits per heavy atom. The summed E-state index contributed by atoms with van der Waals surface area (Å²) in [5.41, 5.74) is -1.91. The van der Waals surface area contributed by atoms with Gasteiger partial charge < -0.3 is 39.9 Å². The zero-order valence-electron chi connectivity index (χ0n) is 35.8. The second-order valence-corrected chi connectivity index (χ2v) is 16.7. The molecule has 0 radical (unpaired) electrons. The molecule has 0 saturated carbocycles. The fraction of sp³-hybridized carbons (Fsp3) is 0.455. The van der Waals surface area contributed by atoms with E-state index >= 15 is 0 Å². The van der Waals surface area contributed by atoms with E-state index in [1.807, 2.05) is 0 Å². The molecule has 4 heterocycles. The second kappa shape index (κ2) is 17.7. The topological polar surface area (TPSA) is 175 Å². The molecule has 0 bridgehead atoms. The van der Waals surface area contributed by atoms with E-state index in [9.17, 15) is 45.5 Å². The number of nitrogens with one attached hydrogen (secondary N) is 4. The molecule has 5 aromatic rings. The van der Waals surface area contributed by atoms with E-state index < -0.39 is 59.8 Å². The van der Waals surface area contributed by atoms with Crippen molar-refractivity contribution in [1.82, 2.24) is 40.4 Å². The number of carbonyl (C=O) groups excluding carboxylic acids is 4. The molecule has 2 fully saturated rings. The molecule has 7 rings (SSSR count). The number of amides is 4. The van der Waals surface area contributed by atoms with Crippen molar-refractivity contribution >= 4 is 46.1 Å². The standard InChI is InChI=1S/C44H48F6N8O6/c1-21(2)35(55-41(61)63-5)39(59)57-15-7-9-33(57)37-51-29-17-25(27(43(45,46)47)19-31(29)53-37)23-11-13-24(14-12-23)26-18-30-32(20-28(26)44(48,49)50)54-38(52-30)34-10-8-16-58(34)40(60)36(22(3)4)56-42(62)64-6/h11-14,17-22,33-36H,7-10,15-16H2,1-6H3,(H,51,53)(H,52,54)(H,55,61)(H,56,62)/t33-,34-,35-,36-/m0/s1. The van der Waals surface area contributed by atoms with Crippen LogP contribution in [0.3, 0.4) is 0 Å². The molecule has 4 amide bonds. The Labute approximate surface area is 363 Å². The summed E-state index contributed by atoms with van der Waals surface area (Å²) in [5.74, 6) is -0.856. The molecule has 2 aliphatic rings. The van der Waals surface area contributed by atoms with Crippen LogP contribution in [0.5, 0.6) is 0 Å². The maximum absolute atomic E-state index is 14.7. The fourth-order valence-electron chi connectivity index (χ4n) is 8.63. The van der Waals surface area contributed by atoms with Crippen molar-refractivity contribution < 1.29 is 55.0 Å². The lowest BCUT2D eigenvalue weighted by Gasteiger charge is -2.29. The highest BCUT2D eigenvalue weighted by atomic mass is 19.4. The van der Waals surface area contributed by atoms with Gasteiger partial charge in [0.15, 0.2) is 0 Å². The van der Waals surface area contributed by atoms with Gasteiger partial charge in [-0.1, -0.05) is 52.0 Å². The van der Waals surface area contributed by atoms with Crippen molar-refractivity contribution in [3.63, 3.8) is 0 Å². The molecule has 64 heavy (non-hydrogen) atoms. The van der Waals surface area contributed by atoms with E-state index in [1.54, 1.807) is 37.5 Å². The van der Waals surface area contributed by atoms with Gasteiger partial charge in [-0.05, 0) is 84.0 Å². The molecule has 342 valence electrons. The van der Waals surface area contributed by atoms with E-state index in [1.165, 1.54) is 50.6 Å². The van der Waals surface area contributed by atoms with Crippen LogP contribution in [-0.4, -0.2) is 93.1 Å². The van der Waals surface area contributed by atoms with E-state index in [4.69, 9.17) is 0 Å². The van der Waals surface area contributed by atoms with Crippen LogP contribution in [0.2, 0.25) is 0 Å². The number of methoxy groups -OCH3 is 2. The normalized spacial score (nSPS) is 18.0. The SMILES string of the molecule is COC(=O)N[C@H](C(=O)N1CCC[C@H]1c1nc2cc(-c3ccc(-c4cc5nc([C@@H]6CCCN6C(=O)[C@@H](NC(=O)OC)C(C)C)[nH]c5cc4C(F)(F)F)cc3)c(C(F)(F)F)cc2[nH]1)C(C)C. The number of nitrogens with zero attached hydrogens (tertiary/aromatic N) is 4. The average molecular weight is 899 g/mol. The van der Waals surface area contributed by atoms with Crippen LogP contribution in [0.15, 0.2) is 48.5 Å². The Balaban J connectivity index is 1.21. The highest BCUT2D eigenvalue weighted by molar-refractivity contribution is 5.90. The van der Waals surface area contributed by atoms with Crippen molar-refractivity contribution in [2.24, 2.45) is 11.8 Å². The molecule has 2 saturated heterocycles. The number of benzene rings is 3. The third-order valence-corrected chi connectivity index (χ3v) is 11.9. The maximum atomic E-state index is 14.7. The summed E-state index contributed by atoms with van der Waals surface area (Å²) in [5, 5.41) is 5.12. The summed E-state index contributed by atoms with van der Waals surface area (Å²) in [6.07, 6.45) is -9.14. The number of likely N-dealkylation sites (tertiary alicyclic amines) is 2. The number of H-pyrrole nitrogens is 2. The van der Waals surface area contributed by atoms with Gasteiger partial charge in [-0.3, -0.25) is 9.59 Å². The second-order valence-electron chi connectivity index (χ2n) is 16.7. The number of halogens is 6. The molecule has 14 nitrogen and oxygen atoms in total. The summed E-state index contributed by atoms with van der Waals surface area (Å²) in [7, 11) is 2.36.